The molecule has 10 atom stereocenters. The highest BCUT2D eigenvalue weighted by Crippen LogP contribution is 2.50. The second-order valence-corrected chi connectivity index (χ2v) is 38.6. The standard InChI is InChI=1S/C81H114O14Si2/c1-18-19-20-21-31-38-75(82)93-77-64(52-76(83)85-14)51-71(55-74(95-96(16,17)78(5,6)7)61(4)89-58-87-56-62-32-25-22-26-33-62)94-81(77,86-15)80(11,12)45-43-67-47-59(2)48-69(91-67)54-70-50-60(3)49-68(92-70)53-66(88-57-63-39-41-65(84-13)42-40-63)44-46-90-97(79(8,9)10,72-34-27-23-28-35-72)73-36-29-24-30-37-73/h20-43,45,52,61,66-71,74,77H,2-3,18-19,44,46-51,53-58H2,1,4-17H3/t61-,66?,67+,68+,69+,70-,71?,74-,77?,81?/m1/s1. The van der Waals surface area contributed by atoms with Crippen molar-refractivity contribution in [1.29, 1.82) is 0 Å². The lowest BCUT2D eigenvalue weighted by Crippen LogP contribution is -2.66. The molecule has 4 unspecified atom stereocenters. The molecule has 3 fully saturated rings. The number of hydrogen-bond acceptors (Lipinski definition) is 14. The molecule has 0 radical (unpaired) electrons. The third-order valence-electron chi connectivity index (χ3n) is 19.5. The van der Waals surface area contributed by atoms with Gasteiger partial charge in [0.05, 0.1) is 76.3 Å². The van der Waals surface area contributed by atoms with Crippen LogP contribution < -0.4 is 15.1 Å². The number of allylic oxidation sites excluding steroid dienone is 3. The summed E-state index contributed by atoms with van der Waals surface area (Å²) in [6, 6.07) is 39.5. The van der Waals surface area contributed by atoms with Gasteiger partial charge in [-0.2, -0.15) is 0 Å². The van der Waals surface area contributed by atoms with E-state index in [1.165, 1.54) is 29.6 Å². The molecule has 7 rings (SSSR count). The first-order valence-electron chi connectivity index (χ1n) is 34.9. The van der Waals surface area contributed by atoms with E-state index in [0.29, 0.717) is 70.3 Å². The number of carbonyl (C=O) groups excluding carboxylic acids is 2. The fourth-order valence-corrected chi connectivity index (χ4v) is 19.3. The van der Waals surface area contributed by atoms with Crippen molar-refractivity contribution in [3.8, 4) is 5.75 Å². The monoisotopic (exact) mass is 1370 g/mol. The van der Waals surface area contributed by atoms with E-state index in [1.54, 1.807) is 20.3 Å². The summed E-state index contributed by atoms with van der Waals surface area (Å²) in [7, 11) is -0.724. The van der Waals surface area contributed by atoms with Crippen molar-refractivity contribution < 1.29 is 65.8 Å². The van der Waals surface area contributed by atoms with Crippen LogP contribution in [0, 0.1) is 5.41 Å². The van der Waals surface area contributed by atoms with Gasteiger partial charge in [0.25, 0.3) is 8.32 Å². The van der Waals surface area contributed by atoms with Gasteiger partial charge < -0.3 is 56.2 Å². The van der Waals surface area contributed by atoms with E-state index in [0.717, 1.165) is 47.3 Å². The molecule has 0 aromatic heterocycles. The van der Waals surface area contributed by atoms with Gasteiger partial charge >= 0.3 is 11.9 Å². The molecule has 0 aliphatic carbocycles. The number of hydrogen-bond donors (Lipinski definition) is 0. The van der Waals surface area contributed by atoms with Crippen LogP contribution in [0.2, 0.25) is 23.2 Å². The van der Waals surface area contributed by atoms with Crippen molar-refractivity contribution in [2.75, 3.05) is 34.7 Å². The Balaban J connectivity index is 1.13. The van der Waals surface area contributed by atoms with Gasteiger partial charge in [-0.1, -0.05) is 227 Å². The van der Waals surface area contributed by atoms with E-state index in [-0.39, 0.29) is 53.8 Å². The molecular formula is C81H114O14Si2. The number of carbonyl (C=O) groups is 2. The first-order valence-corrected chi connectivity index (χ1v) is 39.8. The first kappa shape index (κ1) is 78.5. The zero-order chi connectivity index (χ0) is 70.4. The number of esters is 2. The summed E-state index contributed by atoms with van der Waals surface area (Å²) in [5.74, 6) is -2.18. The van der Waals surface area contributed by atoms with Crippen LogP contribution in [0.5, 0.6) is 5.75 Å². The summed E-state index contributed by atoms with van der Waals surface area (Å²) in [5.41, 5.74) is 3.66. The summed E-state index contributed by atoms with van der Waals surface area (Å²) in [6.07, 6.45) is 15.4. The van der Waals surface area contributed by atoms with Crippen LogP contribution in [0.25, 0.3) is 0 Å². The topological polar surface area (TPSA) is 145 Å². The molecule has 14 nitrogen and oxygen atoms in total. The predicted molar refractivity (Wildman–Crippen MR) is 392 cm³/mol. The Morgan fingerprint density at radius 3 is 1.90 bits per heavy atom. The lowest BCUT2D eigenvalue weighted by atomic mass is 9.73. The maximum atomic E-state index is 14.1. The van der Waals surface area contributed by atoms with Gasteiger partial charge in [-0.3, -0.25) is 0 Å². The van der Waals surface area contributed by atoms with Crippen molar-refractivity contribution in [2.45, 2.75) is 237 Å². The SMILES string of the molecule is C=C1C[C@H](C[C@@H]2CC(=C)C[C@H](C=CC(C)(C)C3(OC)OC(C[C@@H](O[Si](C)(C)C(C)(C)C)[C@@H](C)OCOCc4ccccc4)CC(=CC(=O)OC)C3OC(=O)C=CC=CCCC)O2)O[C@H](CC(CCO[Si](c2ccccc2)(c2ccccc2)C(C)(C)C)OCc2ccc(OC)cc2)C1. The zero-order valence-electron chi connectivity index (χ0n) is 60.9. The van der Waals surface area contributed by atoms with E-state index in [1.807, 2.05) is 87.5 Å². The van der Waals surface area contributed by atoms with Crippen molar-refractivity contribution in [1.82, 2.24) is 0 Å². The lowest BCUT2D eigenvalue weighted by molar-refractivity contribution is -0.338. The minimum atomic E-state index is -2.82. The number of methoxy groups -OCH3 is 3. The molecule has 3 aliphatic heterocycles. The van der Waals surface area contributed by atoms with Crippen molar-refractivity contribution in [3.05, 3.63) is 199 Å². The number of benzene rings is 4. The number of unbranched alkanes of at least 4 members (excludes halogenated alkanes) is 1. The Kier molecular flexibility index (Phi) is 29.5. The zero-order valence-corrected chi connectivity index (χ0v) is 62.9. The third-order valence-corrected chi connectivity index (χ3v) is 29.1. The van der Waals surface area contributed by atoms with Gasteiger partial charge in [0.15, 0.2) is 14.4 Å². The van der Waals surface area contributed by atoms with E-state index < -0.39 is 64.2 Å². The van der Waals surface area contributed by atoms with Gasteiger partial charge in [-0.25, -0.2) is 9.59 Å². The maximum absolute atomic E-state index is 14.1. The highest BCUT2D eigenvalue weighted by Gasteiger charge is 2.60. The van der Waals surface area contributed by atoms with Crippen molar-refractivity contribution in [2.24, 2.45) is 5.41 Å². The summed E-state index contributed by atoms with van der Waals surface area (Å²) in [5, 5.41) is 2.15. The highest BCUT2D eigenvalue weighted by molar-refractivity contribution is 6.99. The molecule has 4 aromatic rings. The second kappa shape index (κ2) is 36.5. The number of rotatable bonds is 34. The molecule has 3 saturated heterocycles. The van der Waals surface area contributed by atoms with Crippen molar-refractivity contribution >= 4 is 38.9 Å². The van der Waals surface area contributed by atoms with Gasteiger partial charge in [0.1, 0.15) is 12.5 Å². The smallest absolute Gasteiger partial charge is 0.331 e. The average Bonchev–Trinajstić information content (AvgIpc) is 0.745. The van der Waals surface area contributed by atoms with E-state index in [4.69, 9.17) is 56.2 Å². The van der Waals surface area contributed by atoms with Gasteiger partial charge in [0, 0.05) is 50.5 Å². The van der Waals surface area contributed by atoms with Crippen LogP contribution in [0.4, 0.5) is 0 Å². The van der Waals surface area contributed by atoms with Crippen LogP contribution in [0.3, 0.4) is 0 Å². The molecular weight excluding hydrogens is 1250 g/mol. The maximum Gasteiger partial charge on any atom is 0.331 e. The fourth-order valence-electron chi connectivity index (χ4n) is 13.3. The molecule has 530 valence electrons. The van der Waals surface area contributed by atoms with Gasteiger partial charge in [-0.05, 0) is 114 Å². The Morgan fingerprint density at radius 2 is 1.30 bits per heavy atom. The van der Waals surface area contributed by atoms with Crippen LogP contribution in [-0.2, 0) is 74.3 Å². The Hall–Kier alpha value is -5.87. The quantitative estimate of drug-likeness (QED) is 0.00832. The van der Waals surface area contributed by atoms with E-state index in [9.17, 15) is 9.59 Å². The van der Waals surface area contributed by atoms with Gasteiger partial charge in [0.2, 0.25) is 5.79 Å². The summed E-state index contributed by atoms with van der Waals surface area (Å²) in [6.45, 7) is 36.5. The molecule has 3 aliphatic rings. The van der Waals surface area contributed by atoms with Crippen LogP contribution >= 0.6 is 0 Å². The molecule has 97 heavy (non-hydrogen) atoms. The van der Waals surface area contributed by atoms with E-state index in [2.05, 4.69) is 148 Å². The van der Waals surface area contributed by atoms with E-state index >= 15 is 0 Å². The molecule has 4 aromatic carbocycles. The highest BCUT2D eigenvalue weighted by atomic mass is 28.4. The molecule has 16 heteroatoms. The van der Waals surface area contributed by atoms with Crippen LogP contribution in [0.1, 0.15) is 151 Å². The Labute approximate surface area is 583 Å². The molecule has 0 spiro atoms. The van der Waals surface area contributed by atoms with Crippen LogP contribution in [0.15, 0.2) is 188 Å². The van der Waals surface area contributed by atoms with Gasteiger partial charge in [-0.15, -0.1) is 0 Å². The third kappa shape index (κ3) is 22.1. The molecule has 3 heterocycles. The summed E-state index contributed by atoms with van der Waals surface area (Å²) < 4.78 is 79.6. The lowest BCUT2D eigenvalue weighted by Gasteiger charge is -2.53. The Bertz CT molecular complexity index is 3180. The molecule has 0 amide bonds. The first-order chi connectivity index (χ1) is 46.1. The molecule has 0 bridgehead atoms. The second-order valence-electron chi connectivity index (χ2n) is 29.6. The largest absolute Gasteiger partial charge is 0.497 e. The summed E-state index contributed by atoms with van der Waals surface area (Å²) in [4.78, 5) is 27.6. The average molecular weight is 1370 g/mol. The Morgan fingerprint density at radius 1 is 0.691 bits per heavy atom. The van der Waals surface area contributed by atoms with Crippen LogP contribution in [-0.4, -0.2) is 124 Å². The normalized spacial score (nSPS) is 23.1. The van der Waals surface area contributed by atoms with Crippen molar-refractivity contribution in [3.63, 3.8) is 0 Å². The minimum absolute atomic E-state index is 0.0379. The predicted octanol–water partition coefficient (Wildman–Crippen LogP) is 16.5. The minimum Gasteiger partial charge on any atom is -0.497 e. The number of ether oxygens (including phenoxy) is 10. The molecule has 0 N–H and O–H groups in total. The fraction of sp³-hybridized carbons (Fsp3) is 0.531. The molecule has 0 saturated carbocycles. The summed E-state index contributed by atoms with van der Waals surface area (Å²) >= 11 is 0.